The van der Waals surface area contributed by atoms with Crippen molar-refractivity contribution >= 4 is 16.1 Å². The van der Waals surface area contributed by atoms with Crippen molar-refractivity contribution < 1.29 is 31.3 Å². The van der Waals surface area contributed by atoms with E-state index < -0.39 is 33.4 Å². The third kappa shape index (κ3) is 3.42. The third-order valence-corrected chi connectivity index (χ3v) is 5.92. The number of halogens is 2. The van der Waals surface area contributed by atoms with Gasteiger partial charge in [-0.1, -0.05) is 26.2 Å². The van der Waals surface area contributed by atoms with Gasteiger partial charge in [-0.3, -0.25) is 9.35 Å². The van der Waals surface area contributed by atoms with Gasteiger partial charge in [0.1, 0.15) is 0 Å². The summed E-state index contributed by atoms with van der Waals surface area (Å²) >= 11 is 0. The van der Waals surface area contributed by atoms with Gasteiger partial charge in [-0.25, -0.2) is 0 Å². The lowest BCUT2D eigenvalue weighted by Crippen LogP contribution is -2.45. The van der Waals surface area contributed by atoms with Crippen molar-refractivity contribution in [3.63, 3.8) is 0 Å². The van der Waals surface area contributed by atoms with Crippen molar-refractivity contribution in [1.29, 1.82) is 0 Å². The summed E-state index contributed by atoms with van der Waals surface area (Å²) < 4.78 is 60.6. The molecule has 128 valence electrons. The highest BCUT2D eigenvalue weighted by Crippen LogP contribution is 2.52. The monoisotopic (exact) mass is 340 g/mol. The first-order valence-corrected chi connectivity index (χ1v) is 9.06. The fraction of sp³-hybridized carbons (Fsp3) is 0.929. The van der Waals surface area contributed by atoms with Crippen LogP contribution in [0.3, 0.4) is 0 Å². The number of carbonyl (C=O) groups is 1. The predicted molar refractivity (Wildman–Crippen MR) is 74.9 cm³/mol. The van der Waals surface area contributed by atoms with E-state index in [2.05, 4.69) is 4.74 Å². The van der Waals surface area contributed by atoms with Crippen molar-refractivity contribution in [3.8, 4) is 0 Å². The Morgan fingerprint density at radius 2 is 2.09 bits per heavy atom. The molecule has 2 rings (SSSR count). The van der Waals surface area contributed by atoms with Crippen LogP contribution in [0.15, 0.2) is 0 Å². The van der Waals surface area contributed by atoms with E-state index in [1.165, 1.54) is 0 Å². The van der Waals surface area contributed by atoms with Crippen LogP contribution in [0.1, 0.15) is 51.9 Å². The number of alkyl halides is 2. The minimum atomic E-state index is -5.58. The van der Waals surface area contributed by atoms with E-state index in [1.807, 2.05) is 6.92 Å². The lowest BCUT2D eigenvalue weighted by atomic mass is 9.58. The fourth-order valence-electron chi connectivity index (χ4n) is 3.94. The summed E-state index contributed by atoms with van der Waals surface area (Å²) in [6.45, 7) is 0.408. The molecule has 0 amide bonds. The molecule has 0 aromatic carbocycles. The Balaban J connectivity index is 2.07. The van der Waals surface area contributed by atoms with Crippen molar-refractivity contribution in [1.82, 2.24) is 0 Å². The van der Waals surface area contributed by atoms with E-state index in [0.29, 0.717) is 31.1 Å². The van der Waals surface area contributed by atoms with Crippen molar-refractivity contribution in [2.45, 2.75) is 57.1 Å². The van der Waals surface area contributed by atoms with Crippen LogP contribution in [-0.4, -0.2) is 30.8 Å². The van der Waals surface area contributed by atoms with Gasteiger partial charge in [0.25, 0.3) is 0 Å². The molecule has 22 heavy (non-hydrogen) atoms. The smallest absolute Gasteiger partial charge is 0.402 e. The second kappa shape index (κ2) is 6.03. The van der Waals surface area contributed by atoms with Crippen LogP contribution < -0.4 is 0 Å². The van der Waals surface area contributed by atoms with Gasteiger partial charge in [-0.2, -0.15) is 17.2 Å². The molecule has 1 N–H and O–H groups in total. The number of rotatable bonds is 5. The van der Waals surface area contributed by atoms with Crippen LogP contribution in [0, 0.1) is 17.3 Å². The highest BCUT2D eigenvalue weighted by molar-refractivity contribution is 7.86. The molecule has 2 saturated carbocycles. The molecular weight excluding hydrogens is 318 g/mol. The zero-order chi connectivity index (χ0) is 16.6. The van der Waals surface area contributed by atoms with Gasteiger partial charge in [0, 0.05) is 0 Å². The Hall–Kier alpha value is -0.760. The maximum atomic E-state index is 13.2. The molecule has 2 aliphatic carbocycles. The maximum absolute atomic E-state index is 13.2. The lowest BCUT2D eigenvalue weighted by Gasteiger charge is -2.46. The Labute approximate surface area is 129 Å². The Kier molecular flexibility index (Phi) is 4.82. The van der Waals surface area contributed by atoms with Gasteiger partial charge in [0.15, 0.2) is 6.61 Å². The van der Waals surface area contributed by atoms with E-state index in [4.69, 9.17) is 4.55 Å². The first kappa shape index (κ1) is 17.6. The van der Waals surface area contributed by atoms with Crippen molar-refractivity contribution in [2.75, 3.05) is 6.61 Å². The van der Waals surface area contributed by atoms with Crippen molar-refractivity contribution in [3.05, 3.63) is 0 Å². The summed E-state index contributed by atoms with van der Waals surface area (Å²) in [6.07, 6.45) is 5.68. The Morgan fingerprint density at radius 1 is 1.41 bits per heavy atom. The lowest BCUT2D eigenvalue weighted by molar-refractivity contribution is -0.169. The number of carbonyl (C=O) groups excluding carboxylic acids is 1. The normalized spacial score (nSPS) is 32.5. The van der Waals surface area contributed by atoms with Crippen LogP contribution in [-0.2, 0) is 19.6 Å². The zero-order valence-electron chi connectivity index (χ0n) is 12.6. The minimum absolute atomic E-state index is 0.369. The van der Waals surface area contributed by atoms with E-state index in [-0.39, 0.29) is 0 Å². The number of fused-ring (bicyclic) bond motifs is 2. The quantitative estimate of drug-likeness (QED) is 0.615. The standard InChI is InChI=1S/C14H22F2O5S/c1-2-10-6-11-4-3-5-13(7-10,8-11)12(17)21-9-14(15,16)22(18,19)20/h10-11H,2-9H2,1H3,(H,18,19,20). The van der Waals surface area contributed by atoms with Crippen LogP contribution in [0.25, 0.3) is 0 Å². The fourth-order valence-corrected chi connectivity index (χ4v) is 4.14. The summed E-state index contributed by atoms with van der Waals surface area (Å²) in [6, 6.07) is 0. The maximum Gasteiger partial charge on any atom is 0.402 e. The zero-order valence-corrected chi connectivity index (χ0v) is 13.4. The molecule has 2 aliphatic rings. The molecule has 5 nitrogen and oxygen atoms in total. The first-order chi connectivity index (χ1) is 10.1. The summed E-state index contributed by atoms with van der Waals surface area (Å²) in [5, 5.41) is -4.47. The van der Waals surface area contributed by atoms with E-state index >= 15 is 0 Å². The SMILES string of the molecule is CCC1CC2CCCC(C(=O)OCC(F)(F)S(=O)(=O)O)(C1)C2. The molecule has 8 heteroatoms. The molecule has 0 saturated heterocycles. The van der Waals surface area contributed by atoms with Gasteiger partial charge in [-0.05, 0) is 37.5 Å². The highest BCUT2D eigenvalue weighted by atomic mass is 32.2. The Morgan fingerprint density at radius 3 is 2.68 bits per heavy atom. The van der Waals surface area contributed by atoms with Gasteiger partial charge >= 0.3 is 21.3 Å². The van der Waals surface area contributed by atoms with Gasteiger partial charge in [0.2, 0.25) is 0 Å². The van der Waals surface area contributed by atoms with Crippen molar-refractivity contribution in [2.24, 2.45) is 17.3 Å². The molecular formula is C14H22F2O5S. The van der Waals surface area contributed by atoms with E-state index in [9.17, 15) is 22.0 Å². The first-order valence-electron chi connectivity index (χ1n) is 7.62. The third-order valence-electron chi connectivity index (χ3n) is 5.05. The second-order valence-corrected chi connectivity index (χ2v) is 8.19. The number of esters is 1. The average molecular weight is 340 g/mol. The van der Waals surface area contributed by atoms with Crippen LogP contribution in [0.4, 0.5) is 8.78 Å². The largest absolute Gasteiger partial charge is 0.458 e. The molecule has 3 atom stereocenters. The predicted octanol–water partition coefficient (Wildman–Crippen LogP) is 3.01. The number of ether oxygens (including phenoxy) is 1. The molecule has 2 fully saturated rings. The minimum Gasteiger partial charge on any atom is -0.458 e. The topological polar surface area (TPSA) is 80.7 Å². The number of hydrogen-bond donors (Lipinski definition) is 1. The molecule has 0 radical (unpaired) electrons. The molecule has 0 aromatic heterocycles. The molecule has 0 heterocycles. The van der Waals surface area contributed by atoms with Gasteiger partial charge < -0.3 is 4.74 Å². The molecule has 0 spiro atoms. The second-order valence-electron chi connectivity index (χ2n) is 6.65. The van der Waals surface area contributed by atoms with Crippen LogP contribution >= 0.6 is 0 Å². The molecule has 0 aromatic rings. The van der Waals surface area contributed by atoms with Crippen LogP contribution in [0.2, 0.25) is 0 Å². The average Bonchev–Trinajstić information content (AvgIpc) is 2.43. The van der Waals surface area contributed by atoms with E-state index in [1.54, 1.807) is 0 Å². The Bertz CT molecular complexity index is 533. The highest BCUT2D eigenvalue weighted by Gasteiger charge is 2.51. The molecule has 0 aliphatic heterocycles. The summed E-state index contributed by atoms with van der Waals surface area (Å²) in [7, 11) is -5.58. The number of hydrogen-bond acceptors (Lipinski definition) is 4. The molecule has 2 bridgehead atoms. The summed E-state index contributed by atoms with van der Waals surface area (Å²) in [5.41, 5.74) is -0.767. The van der Waals surface area contributed by atoms with Gasteiger partial charge in [-0.15, -0.1) is 0 Å². The van der Waals surface area contributed by atoms with Gasteiger partial charge in [0.05, 0.1) is 5.41 Å². The summed E-state index contributed by atoms with van der Waals surface area (Å²) in [5.74, 6) is 0.0226. The summed E-state index contributed by atoms with van der Waals surface area (Å²) in [4.78, 5) is 12.3. The molecule has 3 unspecified atom stereocenters. The van der Waals surface area contributed by atoms with Crippen LogP contribution in [0.5, 0.6) is 0 Å². The van der Waals surface area contributed by atoms with E-state index in [0.717, 1.165) is 25.7 Å².